The van der Waals surface area contributed by atoms with E-state index >= 15 is 0 Å². The van der Waals surface area contributed by atoms with Gasteiger partial charge in [-0.25, -0.2) is 5.43 Å². The molecule has 1 aliphatic heterocycles. The molecule has 1 N–H and O–H groups in total. The Labute approximate surface area is 168 Å². The van der Waals surface area contributed by atoms with Crippen molar-refractivity contribution < 1.29 is 19.0 Å². The number of carbonyl (C=O) groups excluding carboxylic acids is 1. The highest BCUT2D eigenvalue weighted by atomic mass is 16.6. The summed E-state index contributed by atoms with van der Waals surface area (Å²) < 4.78 is 16.5. The number of hydrogen-bond acceptors (Lipinski definition) is 5. The van der Waals surface area contributed by atoms with Crippen molar-refractivity contribution in [1.82, 2.24) is 5.43 Å². The second kappa shape index (κ2) is 8.93. The van der Waals surface area contributed by atoms with Gasteiger partial charge >= 0.3 is 0 Å². The van der Waals surface area contributed by atoms with E-state index in [-0.39, 0.29) is 12.5 Å². The van der Waals surface area contributed by atoms with Gasteiger partial charge in [-0.1, -0.05) is 42.5 Å². The van der Waals surface area contributed by atoms with Gasteiger partial charge in [-0.05, 0) is 47.0 Å². The summed E-state index contributed by atoms with van der Waals surface area (Å²) >= 11 is 0. The Hall–Kier alpha value is -3.80. The Bertz CT molecular complexity index is 1000. The molecule has 1 heterocycles. The fourth-order valence-corrected chi connectivity index (χ4v) is 2.87. The first-order chi connectivity index (χ1) is 14.3. The predicted molar refractivity (Wildman–Crippen MR) is 111 cm³/mol. The largest absolute Gasteiger partial charge is 0.486 e. The molecule has 0 aliphatic carbocycles. The molecule has 4 rings (SSSR count). The first-order valence-corrected chi connectivity index (χ1v) is 9.28. The molecule has 0 aromatic heterocycles. The smallest absolute Gasteiger partial charge is 0.277 e. The van der Waals surface area contributed by atoms with Crippen molar-refractivity contribution in [3.63, 3.8) is 0 Å². The second-order valence-electron chi connectivity index (χ2n) is 6.38. The summed E-state index contributed by atoms with van der Waals surface area (Å²) in [5.41, 5.74) is 5.47. The zero-order valence-electron chi connectivity index (χ0n) is 15.7. The van der Waals surface area contributed by atoms with Gasteiger partial charge in [0.25, 0.3) is 5.91 Å². The number of hydrazone groups is 1. The van der Waals surface area contributed by atoms with E-state index in [4.69, 9.17) is 14.2 Å². The van der Waals surface area contributed by atoms with E-state index in [2.05, 4.69) is 10.5 Å². The maximum atomic E-state index is 11.9. The molecule has 0 bridgehead atoms. The van der Waals surface area contributed by atoms with Gasteiger partial charge in [0.05, 0.1) is 6.21 Å². The molecule has 6 nitrogen and oxygen atoms in total. The average Bonchev–Trinajstić information content (AvgIpc) is 2.78. The summed E-state index contributed by atoms with van der Waals surface area (Å²) in [5.74, 6) is 1.67. The summed E-state index contributed by atoms with van der Waals surface area (Å²) in [7, 11) is 0. The number of nitrogens with zero attached hydrogens (tertiary/aromatic N) is 1. The number of hydrogen-bond donors (Lipinski definition) is 1. The fourth-order valence-electron chi connectivity index (χ4n) is 2.87. The molecule has 0 saturated carbocycles. The highest BCUT2D eigenvalue weighted by Gasteiger charge is 2.11. The van der Waals surface area contributed by atoms with Crippen molar-refractivity contribution in [1.29, 1.82) is 0 Å². The molecule has 0 saturated heterocycles. The van der Waals surface area contributed by atoms with E-state index in [0.717, 1.165) is 16.7 Å². The summed E-state index contributed by atoms with van der Waals surface area (Å²) in [6.45, 7) is 0.947. The van der Waals surface area contributed by atoms with Crippen molar-refractivity contribution in [2.45, 2.75) is 0 Å². The first-order valence-electron chi connectivity index (χ1n) is 9.28. The van der Waals surface area contributed by atoms with Gasteiger partial charge in [-0.3, -0.25) is 4.79 Å². The summed E-state index contributed by atoms with van der Waals surface area (Å²) in [4.78, 5) is 11.9. The average molecular weight is 388 g/mol. The molecule has 146 valence electrons. The Morgan fingerprint density at radius 2 is 1.66 bits per heavy atom. The van der Waals surface area contributed by atoms with Crippen LogP contribution in [0.1, 0.15) is 5.56 Å². The van der Waals surface area contributed by atoms with Crippen LogP contribution in [0.4, 0.5) is 0 Å². The van der Waals surface area contributed by atoms with Crippen LogP contribution in [0.15, 0.2) is 77.9 Å². The molecule has 0 unspecified atom stereocenters. The fraction of sp³-hybridized carbons (Fsp3) is 0.130. The molecular weight excluding hydrogens is 368 g/mol. The van der Waals surface area contributed by atoms with E-state index in [1.54, 1.807) is 6.21 Å². The topological polar surface area (TPSA) is 69.2 Å². The molecule has 3 aromatic rings. The van der Waals surface area contributed by atoms with Crippen LogP contribution in [0.2, 0.25) is 0 Å². The molecule has 0 spiro atoms. The highest BCUT2D eigenvalue weighted by Crippen LogP contribution is 2.30. The molecular formula is C23H20N2O4. The Morgan fingerprint density at radius 1 is 0.931 bits per heavy atom. The van der Waals surface area contributed by atoms with E-state index in [1.165, 1.54) is 0 Å². The quantitative estimate of drug-likeness (QED) is 0.517. The lowest BCUT2D eigenvalue weighted by atomic mass is 10.1. The molecule has 0 atom stereocenters. The van der Waals surface area contributed by atoms with Crippen LogP contribution in [0, 0.1) is 0 Å². The van der Waals surface area contributed by atoms with Crippen LogP contribution in [0.5, 0.6) is 17.2 Å². The summed E-state index contributed by atoms with van der Waals surface area (Å²) in [6.07, 6.45) is 1.55. The molecule has 0 fully saturated rings. The number of amides is 1. The van der Waals surface area contributed by atoms with Gasteiger partial charge in [0.15, 0.2) is 18.1 Å². The van der Waals surface area contributed by atoms with E-state index in [9.17, 15) is 4.79 Å². The predicted octanol–water partition coefficient (Wildman–Crippen LogP) is 3.65. The van der Waals surface area contributed by atoms with Crippen LogP contribution in [-0.2, 0) is 4.79 Å². The summed E-state index contributed by atoms with van der Waals surface area (Å²) in [6, 6.07) is 23.1. The minimum Gasteiger partial charge on any atom is -0.486 e. The first kappa shape index (κ1) is 18.6. The molecule has 3 aromatic carbocycles. The monoisotopic (exact) mass is 388 g/mol. The Balaban J connectivity index is 1.26. The number of benzene rings is 3. The molecule has 1 aliphatic rings. The van der Waals surface area contributed by atoms with Crippen molar-refractivity contribution in [2.24, 2.45) is 5.10 Å². The van der Waals surface area contributed by atoms with Crippen LogP contribution >= 0.6 is 0 Å². The SMILES string of the molecule is O=C(COc1ccc(-c2ccccc2)cc1)NN=Cc1ccc2c(c1)OCCO2. The standard InChI is InChI=1S/C23H20N2O4/c26-23(25-24-15-17-6-11-21-22(14-17)28-13-12-27-21)16-29-20-9-7-19(8-10-20)18-4-2-1-3-5-18/h1-11,14-15H,12-13,16H2,(H,25,26). The zero-order chi connectivity index (χ0) is 19.9. The molecule has 6 heteroatoms. The third-order valence-electron chi connectivity index (χ3n) is 4.30. The van der Waals surface area contributed by atoms with Gasteiger partial charge in [-0.2, -0.15) is 5.10 Å². The van der Waals surface area contributed by atoms with Gasteiger partial charge in [0, 0.05) is 0 Å². The Kier molecular flexibility index (Phi) is 5.71. The number of carbonyl (C=O) groups is 1. The van der Waals surface area contributed by atoms with Crippen molar-refractivity contribution in [3.8, 4) is 28.4 Å². The van der Waals surface area contributed by atoms with E-state index in [1.807, 2.05) is 72.8 Å². The van der Waals surface area contributed by atoms with Gasteiger partial charge < -0.3 is 14.2 Å². The van der Waals surface area contributed by atoms with E-state index < -0.39 is 0 Å². The third kappa shape index (κ3) is 4.93. The van der Waals surface area contributed by atoms with Crippen molar-refractivity contribution >= 4 is 12.1 Å². The molecule has 1 amide bonds. The lowest BCUT2D eigenvalue weighted by Gasteiger charge is -2.18. The van der Waals surface area contributed by atoms with Crippen LogP contribution in [0.3, 0.4) is 0 Å². The minimum atomic E-state index is -0.342. The molecule has 0 radical (unpaired) electrons. The zero-order valence-corrected chi connectivity index (χ0v) is 15.7. The highest BCUT2D eigenvalue weighted by molar-refractivity contribution is 5.83. The van der Waals surface area contributed by atoms with Crippen LogP contribution in [-0.4, -0.2) is 31.9 Å². The third-order valence-corrected chi connectivity index (χ3v) is 4.30. The number of fused-ring (bicyclic) bond motifs is 1. The van der Waals surface area contributed by atoms with Crippen molar-refractivity contribution in [3.05, 3.63) is 78.4 Å². The number of nitrogens with one attached hydrogen (secondary N) is 1. The van der Waals surface area contributed by atoms with Crippen molar-refractivity contribution in [2.75, 3.05) is 19.8 Å². The van der Waals surface area contributed by atoms with Gasteiger partial charge in [0.1, 0.15) is 19.0 Å². The Morgan fingerprint density at radius 3 is 2.45 bits per heavy atom. The maximum Gasteiger partial charge on any atom is 0.277 e. The number of ether oxygens (including phenoxy) is 3. The molecule has 29 heavy (non-hydrogen) atoms. The lowest BCUT2D eigenvalue weighted by Crippen LogP contribution is -2.24. The van der Waals surface area contributed by atoms with E-state index in [0.29, 0.717) is 30.5 Å². The normalized spacial score (nSPS) is 12.6. The lowest BCUT2D eigenvalue weighted by molar-refractivity contribution is -0.123. The van der Waals surface area contributed by atoms with Crippen LogP contribution in [0.25, 0.3) is 11.1 Å². The van der Waals surface area contributed by atoms with Gasteiger partial charge in [0.2, 0.25) is 0 Å². The minimum absolute atomic E-state index is 0.122. The second-order valence-corrected chi connectivity index (χ2v) is 6.38. The maximum absolute atomic E-state index is 11.9. The summed E-state index contributed by atoms with van der Waals surface area (Å²) in [5, 5.41) is 3.96. The van der Waals surface area contributed by atoms with Gasteiger partial charge in [-0.15, -0.1) is 0 Å². The number of rotatable bonds is 6. The van der Waals surface area contributed by atoms with Crippen LogP contribution < -0.4 is 19.6 Å².